The molecular formula is C94H130N12O18S4. The van der Waals surface area contributed by atoms with Gasteiger partial charge in [-0.15, -0.1) is 0 Å². The molecule has 0 saturated heterocycles. The number of hydrogen-bond acceptors (Lipinski definition) is 21. The minimum atomic E-state index is -1.61. The third-order valence-corrected chi connectivity index (χ3v) is 27.8. The molecule has 6 rings (SSSR count). The first-order chi connectivity index (χ1) is 60.4. The first-order valence-electron chi connectivity index (χ1n) is 43.1. The normalized spacial score (nSPS) is 14.6. The van der Waals surface area contributed by atoms with E-state index < -0.39 is 156 Å². The van der Waals surface area contributed by atoms with Crippen molar-refractivity contribution in [1.29, 1.82) is 0 Å². The zero-order chi connectivity index (χ0) is 94.9. The summed E-state index contributed by atoms with van der Waals surface area (Å²) >= 11 is 0. The van der Waals surface area contributed by atoms with E-state index in [0.29, 0.717) is 16.7 Å². The fraction of sp³-hybridized carbons (Fsp3) is 0.511. The molecule has 12 atom stereocenters. The molecule has 1 aliphatic carbocycles. The zero-order valence-electron chi connectivity index (χ0n) is 76.7. The van der Waals surface area contributed by atoms with Crippen molar-refractivity contribution in [1.82, 2.24) is 62.1 Å². The second-order valence-electron chi connectivity index (χ2n) is 34.8. The molecule has 30 nitrogen and oxygen atoms in total. The predicted molar refractivity (Wildman–Crippen MR) is 502 cm³/mol. The average Bonchev–Trinajstić information content (AvgIpc) is 1.61. The number of nitrogens with zero attached hydrogens (tertiary/aromatic N) is 4. The van der Waals surface area contributed by atoms with Gasteiger partial charge in [-0.2, -0.15) is 0 Å². The fourth-order valence-corrected chi connectivity index (χ4v) is 18.8. The molecule has 128 heavy (non-hydrogen) atoms. The Balaban J connectivity index is 1.28. The molecule has 0 saturated carbocycles. The zero-order valence-corrected chi connectivity index (χ0v) is 80.0. The number of fused-ring (bicyclic) bond motifs is 3. The van der Waals surface area contributed by atoms with Gasteiger partial charge in [-0.25, -0.2) is 14.4 Å². The maximum atomic E-state index is 15.5. The van der Waals surface area contributed by atoms with E-state index in [1.807, 2.05) is 118 Å². The number of alkyl carbamates (subject to hydrolysis) is 2. The summed E-state index contributed by atoms with van der Waals surface area (Å²) in [6.07, 6.45) is -1.95. The van der Waals surface area contributed by atoms with Crippen LogP contribution in [0.4, 0.5) is 9.59 Å². The monoisotopic (exact) mass is 1840 g/mol. The summed E-state index contributed by atoms with van der Waals surface area (Å²) in [4.78, 5) is 205. The molecule has 698 valence electrons. The van der Waals surface area contributed by atoms with E-state index in [-0.39, 0.29) is 110 Å². The number of benzene rings is 5. The molecule has 9 N–H and O–H groups in total. The Hall–Kier alpha value is -10.6. The number of unbranched alkanes of at least 4 members (excludes halogenated alkanes) is 1. The molecule has 0 aliphatic heterocycles. The third-order valence-electron chi connectivity index (χ3n) is 21.1. The lowest BCUT2D eigenvalue weighted by Crippen LogP contribution is -2.60. The number of carboxylic acids is 1. The van der Waals surface area contributed by atoms with Crippen LogP contribution in [-0.2, 0) is 91.0 Å². The Labute approximate surface area is 768 Å². The van der Waals surface area contributed by atoms with Crippen molar-refractivity contribution in [2.24, 2.45) is 11.8 Å². The lowest BCUT2D eigenvalue weighted by Gasteiger charge is -2.36. The summed E-state index contributed by atoms with van der Waals surface area (Å²) in [6.45, 7) is 28.2. The Kier molecular flexibility index (Phi) is 42.8. The van der Waals surface area contributed by atoms with Crippen molar-refractivity contribution in [3.05, 3.63) is 180 Å². The minimum Gasteiger partial charge on any atom is -0.480 e. The number of amides is 12. The molecule has 1 unspecified atom stereocenters. The topological polar surface area (TPSA) is 396 Å². The van der Waals surface area contributed by atoms with Gasteiger partial charge in [-0.3, -0.25) is 52.7 Å². The quantitative estimate of drug-likeness (QED) is 0.00574. The maximum Gasteiger partial charge on any atom is 0.408 e. The van der Waals surface area contributed by atoms with Gasteiger partial charge < -0.3 is 81.5 Å². The number of likely N-dealkylation sites (N-methyl/N-ethyl adjacent to an activating group) is 4. The van der Waals surface area contributed by atoms with Crippen molar-refractivity contribution in [3.63, 3.8) is 0 Å². The smallest absolute Gasteiger partial charge is 0.408 e. The van der Waals surface area contributed by atoms with Crippen LogP contribution in [-0.4, -0.2) is 249 Å². The Morgan fingerprint density at radius 2 is 0.898 bits per heavy atom. The first kappa shape index (κ1) is 106. The second-order valence-corrected chi connectivity index (χ2v) is 41.1. The molecule has 0 radical (unpaired) electrons. The summed E-state index contributed by atoms with van der Waals surface area (Å²) in [5.74, 6) is -10.5. The highest BCUT2D eigenvalue weighted by atomic mass is 33.1. The summed E-state index contributed by atoms with van der Waals surface area (Å²) < 4.78 is 16.7. The third kappa shape index (κ3) is 34.1. The van der Waals surface area contributed by atoms with Crippen molar-refractivity contribution < 1.29 is 86.4 Å². The van der Waals surface area contributed by atoms with Gasteiger partial charge in [0, 0.05) is 75.2 Å². The van der Waals surface area contributed by atoms with E-state index >= 15 is 19.2 Å². The van der Waals surface area contributed by atoms with Gasteiger partial charge in [0.2, 0.25) is 53.2 Å². The number of aliphatic carboxylic acids is 1. The van der Waals surface area contributed by atoms with Crippen LogP contribution in [0.15, 0.2) is 152 Å². The molecule has 5 aromatic carbocycles. The fourth-order valence-electron chi connectivity index (χ4n) is 13.9. The lowest BCUT2D eigenvalue weighted by atomic mass is 9.98. The van der Waals surface area contributed by atoms with Gasteiger partial charge in [0.1, 0.15) is 79.7 Å². The summed E-state index contributed by atoms with van der Waals surface area (Å²) in [5, 5.41) is 31.4. The van der Waals surface area contributed by atoms with Crippen LogP contribution in [0, 0.1) is 11.8 Å². The van der Waals surface area contributed by atoms with Gasteiger partial charge in [0.15, 0.2) is 6.10 Å². The van der Waals surface area contributed by atoms with Gasteiger partial charge in [0.05, 0.1) is 5.75 Å². The number of ether oxygens (including phenoxy) is 3. The molecule has 0 spiro atoms. The molecular weight excluding hydrogens is 1710 g/mol. The highest BCUT2D eigenvalue weighted by molar-refractivity contribution is 8.77. The number of nitrogens with one attached hydrogen (secondary N) is 8. The number of carbonyl (C=O) groups excluding carboxylic acids is 13. The van der Waals surface area contributed by atoms with Crippen molar-refractivity contribution >= 4 is 126 Å². The number of hydrogen-bond donors (Lipinski definition) is 9. The molecule has 12 amide bonds. The molecule has 0 heterocycles. The van der Waals surface area contributed by atoms with Crippen LogP contribution in [0.5, 0.6) is 0 Å². The van der Waals surface area contributed by atoms with E-state index in [1.54, 1.807) is 91.0 Å². The van der Waals surface area contributed by atoms with Crippen molar-refractivity contribution in [3.8, 4) is 11.1 Å². The van der Waals surface area contributed by atoms with Gasteiger partial charge in [0.25, 0.3) is 5.91 Å². The highest BCUT2D eigenvalue weighted by Crippen LogP contribution is 2.45. The van der Waals surface area contributed by atoms with Crippen LogP contribution in [0.2, 0.25) is 0 Å². The summed E-state index contributed by atoms with van der Waals surface area (Å²) in [7, 11) is 11.0. The number of rotatable bonds is 49. The predicted octanol–water partition coefficient (Wildman–Crippen LogP) is 10.4. The Bertz CT molecular complexity index is 4530. The summed E-state index contributed by atoms with van der Waals surface area (Å²) in [6, 6.07) is 27.7. The van der Waals surface area contributed by atoms with Crippen LogP contribution < -0.4 is 42.5 Å². The molecule has 0 bridgehead atoms. The number of esters is 1. The minimum absolute atomic E-state index is 0.000227. The van der Waals surface area contributed by atoms with Gasteiger partial charge in [-0.05, 0) is 111 Å². The molecule has 34 heteroatoms. The standard InChI is InChI=1S/C94H130N12O18S4/c1-20-48-122-91(120)102-75(55-125-127-93(10,11)12)80(108)95-47-35-34-46-71(81(109)100-73(49-57(2)3)87(115)104(17)62(9)86(114)105(18)76(50-58(4)5)83(111)96-59(6)85(113)106(19)77(53-65-40-28-23-29-41-65)88(116)103(16)61(8)79(107)97-60(7)89(117)118)98-82(110)72(51-63-36-24-21-25-37-63)99-84(112)78(56-126-128-94(13,14)15)124-90(119)74(52-64-38-26-22-27-39-64)101-92(121)123-54-70-68-44-32-30-42-66(68)67-43-31-33-45-69(67)70/h20-33,36-45,57-62,70-78H,1,34-35,46-56H2,2-19H3,(H,95,108)(H,96,111)(H,97,107)(H,98,110)(H,99,112)(H,100,109)(H,101,121)(H,102,120)(H,117,118)/t59-,60-,61-,62-,71-,72-,73-,74-,75-,76-,77-,78?/m0/s1. The Morgan fingerprint density at radius 3 is 1.43 bits per heavy atom. The number of carbonyl (C=O) groups is 14. The SMILES string of the molecule is C=CCOC(=O)N[C@@H](CSSC(C)(C)C)C(=O)NCCCC[C@H](NC(=O)[C@H](Cc1ccccc1)NC(=O)C(CSSC(C)(C)C)OC(=O)[C@H](Cc1ccccc1)NC(=O)OCC1c2ccccc2-c2ccccc21)C(=O)N[C@@H](CC(C)C)C(=O)N(C)[C@@H](C)C(=O)N(C)[C@@H](CC(C)C)C(=O)N[C@@H](C)C(=O)N(C)[C@@H](Cc1ccccc1)C(=O)N(C)[C@@H](C)C(=O)N[C@@H](C)C(=O)O. The van der Waals surface area contributed by atoms with E-state index in [2.05, 4.69) is 49.1 Å². The van der Waals surface area contributed by atoms with E-state index in [9.17, 15) is 53.1 Å². The van der Waals surface area contributed by atoms with Gasteiger partial charge in [-0.1, -0.05) is 265 Å². The van der Waals surface area contributed by atoms with E-state index in [4.69, 9.17) is 14.2 Å². The van der Waals surface area contributed by atoms with Crippen molar-refractivity contribution in [2.45, 2.75) is 236 Å². The summed E-state index contributed by atoms with van der Waals surface area (Å²) in [5.41, 5.74) is 5.85. The molecule has 0 aromatic heterocycles. The Morgan fingerprint density at radius 1 is 0.438 bits per heavy atom. The first-order valence-corrected chi connectivity index (χ1v) is 47.7. The largest absolute Gasteiger partial charge is 0.480 e. The van der Waals surface area contributed by atoms with Crippen LogP contribution >= 0.6 is 43.2 Å². The van der Waals surface area contributed by atoms with Gasteiger partial charge >= 0.3 is 24.1 Å². The average molecular weight is 1840 g/mol. The van der Waals surface area contributed by atoms with E-state index in [1.165, 1.54) is 110 Å². The van der Waals surface area contributed by atoms with Crippen LogP contribution in [0.3, 0.4) is 0 Å². The highest BCUT2D eigenvalue weighted by Gasteiger charge is 2.42. The maximum absolute atomic E-state index is 15.5. The number of carboxylic acid groups (broad SMARTS) is 1. The second kappa shape index (κ2) is 51.6. The van der Waals surface area contributed by atoms with Crippen LogP contribution in [0.25, 0.3) is 11.1 Å². The lowest BCUT2D eigenvalue weighted by molar-refractivity contribution is -0.156. The van der Waals surface area contributed by atoms with Crippen LogP contribution in [0.1, 0.15) is 163 Å². The van der Waals surface area contributed by atoms with E-state index in [0.717, 1.165) is 37.0 Å². The van der Waals surface area contributed by atoms with Crippen molar-refractivity contribution in [2.75, 3.05) is 59.5 Å². The molecule has 0 fully saturated rings. The molecule has 5 aromatic rings. The molecule has 1 aliphatic rings.